The Hall–Kier alpha value is -1.55. The van der Waals surface area contributed by atoms with Crippen LogP contribution in [0.25, 0.3) is 0 Å². The topological polar surface area (TPSA) is 44.4 Å². The highest BCUT2D eigenvalue weighted by Gasteiger charge is 2.08. The highest BCUT2D eigenvalue weighted by molar-refractivity contribution is 5.96. The van der Waals surface area contributed by atoms with Crippen molar-refractivity contribution in [2.75, 3.05) is 39.5 Å². The quantitative estimate of drug-likeness (QED) is 0.809. The lowest BCUT2D eigenvalue weighted by atomic mass is 10.1. The summed E-state index contributed by atoms with van der Waals surface area (Å²) in [6, 6.07) is 5.74. The number of amides is 1. The second-order valence-corrected chi connectivity index (χ2v) is 4.34. The van der Waals surface area contributed by atoms with Crippen LogP contribution in [0, 0.1) is 6.92 Å². The predicted octanol–water partition coefficient (Wildman–Crippen LogP) is 1.33. The molecule has 1 aromatic rings. The summed E-state index contributed by atoms with van der Waals surface area (Å²) in [6.07, 6.45) is 0. The zero-order valence-electron chi connectivity index (χ0n) is 11.0. The van der Waals surface area contributed by atoms with Gasteiger partial charge in [0, 0.05) is 31.4 Å². The van der Waals surface area contributed by atoms with E-state index >= 15 is 0 Å². The first kappa shape index (κ1) is 13.5. The minimum atomic E-state index is -0.00740. The molecule has 94 valence electrons. The van der Waals surface area contributed by atoms with Gasteiger partial charge in [-0.2, -0.15) is 0 Å². The van der Waals surface area contributed by atoms with Crippen LogP contribution < -0.4 is 10.6 Å². The molecule has 0 saturated heterocycles. The number of nitrogens with one attached hydrogen (secondary N) is 2. The van der Waals surface area contributed by atoms with Crippen molar-refractivity contribution in [1.82, 2.24) is 10.2 Å². The van der Waals surface area contributed by atoms with Crippen molar-refractivity contribution in [2.24, 2.45) is 0 Å². The summed E-state index contributed by atoms with van der Waals surface area (Å²) in [7, 11) is 5.84. The standard InChI is InChI=1S/C13H21N3O/c1-10-9-11(14-2)5-6-12(10)13(17)15-7-8-16(3)4/h5-6,9,14H,7-8H2,1-4H3,(H,15,17). The molecule has 0 bridgehead atoms. The van der Waals surface area contributed by atoms with E-state index in [0.29, 0.717) is 6.54 Å². The van der Waals surface area contributed by atoms with Crippen LogP contribution in [-0.2, 0) is 0 Å². The molecule has 1 amide bonds. The fraction of sp³-hybridized carbons (Fsp3) is 0.462. The number of carbonyl (C=O) groups is 1. The summed E-state index contributed by atoms with van der Waals surface area (Å²) in [5.74, 6) is -0.00740. The number of nitrogens with zero attached hydrogens (tertiary/aromatic N) is 1. The SMILES string of the molecule is CNc1ccc(C(=O)NCCN(C)C)c(C)c1. The molecule has 0 saturated carbocycles. The molecular weight excluding hydrogens is 214 g/mol. The van der Waals surface area contributed by atoms with Crippen molar-refractivity contribution in [1.29, 1.82) is 0 Å². The van der Waals surface area contributed by atoms with Crippen LogP contribution in [0.3, 0.4) is 0 Å². The van der Waals surface area contributed by atoms with Gasteiger partial charge in [-0.05, 0) is 44.8 Å². The van der Waals surface area contributed by atoms with Gasteiger partial charge in [-0.3, -0.25) is 4.79 Å². The Bertz CT molecular complexity index is 388. The number of hydrogen-bond donors (Lipinski definition) is 2. The van der Waals surface area contributed by atoms with E-state index in [1.165, 1.54) is 0 Å². The van der Waals surface area contributed by atoms with Crippen molar-refractivity contribution in [3.05, 3.63) is 29.3 Å². The van der Waals surface area contributed by atoms with Crippen molar-refractivity contribution in [2.45, 2.75) is 6.92 Å². The molecular formula is C13H21N3O. The Balaban J connectivity index is 2.63. The van der Waals surface area contributed by atoms with Crippen molar-refractivity contribution in [3.8, 4) is 0 Å². The molecule has 0 aliphatic carbocycles. The summed E-state index contributed by atoms with van der Waals surface area (Å²) in [4.78, 5) is 13.9. The van der Waals surface area contributed by atoms with Crippen LogP contribution in [-0.4, -0.2) is 45.0 Å². The van der Waals surface area contributed by atoms with Gasteiger partial charge in [0.1, 0.15) is 0 Å². The number of aryl methyl sites for hydroxylation is 1. The van der Waals surface area contributed by atoms with E-state index in [4.69, 9.17) is 0 Å². The first-order valence-electron chi connectivity index (χ1n) is 5.76. The lowest BCUT2D eigenvalue weighted by molar-refractivity contribution is 0.0950. The van der Waals surface area contributed by atoms with Gasteiger partial charge in [-0.15, -0.1) is 0 Å². The average molecular weight is 235 g/mol. The molecule has 0 aliphatic heterocycles. The average Bonchev–Trinajstić information content (AvgIpc) is 2.28. The van der Waals surface area contributed by atoms with Gasteiger partial charge < -0.3 is 15.5 Å². The number of benzene rings is 1. The number of hydrogen-bond acceptors (Lipinski definition) is 3. The Morgan fingerprint density at radius 3 is 2.59 bits per heavy atom. The summed E-state index contributed by atoms with van der Waals surface area (Å²) < 4.78 is 0. The van der Waals surface area contributed by atoms with Crippen LogP contribution in [0.2, 0.25) is 0 Å². The molecule has 1 aromatic carbocycles. The lowest BCUT2D eigenvalue weighted by Gasteiger charge is -2.12. The van der Waals surface area contributed by atoms with E-state index in [1.54, 1.807) is 0 Å². The van der Waals surface area contributed by atoms with Gasteiger partial charge in [0.25, 0.3) is 5.91 Å². The van der Waals surface area contributed by atoms with Crippen molar-refractivity contribution in [3.63, 3.8) is 0 Å². The number of rotatable bonds is 5. The molecule has 4 heteroatoms. The van der Waals surface area contributed by atoms with E-state index in [-0.39, 0.29) is 5.91 Å². The highest BCUT2D eigenvalue weighted by atomic mass is 16.1. The van der Waals surface area contributed by atoms with Gasteiger partial charge in [0.2, 0.25) is 0 Å². The van der Waals surface area contributed by atoms with Gasteiger partial charge in [0.05, 0.1) is 0 Å². The molecule has 17 heavy (non-hydrogen) atoms. The molecule has 0 aromatic heterocycles. The highest BCUT2D eigenvalue weighted by Crippen LogP contribution is 2.14. The molecule has 0 unspecified atom stereocenters. The molecule has 0 heterocycles. The third-order valence-corrected chi connectivity index (χ3v) is 2.60. The molecule has 0 atom stereocenters. The zero-order chi connectivity index (χ0) is 12.8. The second-order valence-electron chi connectivity index (χ2n) is 4.34. The summed E-state index contributed by atoms with van der Waals surface area (Å²) >= 11 is 0. The molecule has 1 rings (SSSR count). The van der Waals surface area contributed by atoms with Crippen LogP contribution in [0.1, 0.15) is 15.9 Å². The maximum Gasteiger partial charge on any atom is 0.251 e. The van der Waals surface area contributed by atoms with Crippen LogP contribution in [0.5, 0.6) is 0 Å². The van der Waals surface area contributed by atoms with Crippen molar-refractivity contribution >= 4 is 11.6 Å². The second kappa shape index (κ2) is 6.25. The maximum absolute atomic E-state index is 11.9. The van der Waals surface area contributed by atoms with Gasteiger partial charge in [0.15, 0.2) is 0 Å². The van der Waals surface area contributed by atoms with E-state index in [2.05, 4.69) is 10.6 Å². The Labute approximate surface area is 103 Å². The first-order valence-corrected chi connectivity index (χ1v) is 5.76. The summed E-state index contributed by atoms with van der Waals surface area (Å²) in [5.41, 5.74) is 2.74. The molecule has 2 N–H and O–H groups in total. The zero-order valence-corrected chi connectivity index (χ0v) is 11.0. The minimum absolute atomic E-state index is 0.00740. The fourth-order valence-corrected chi connectivity index (χ4v) is 1.56. The molecule has 4 nitrogen and oxygen atoms in total. The molecule has 0 radical (unpaired) electrons. The van der Waals surface area contributed by atoms with E-state index in [9.17, 15) is 4.79 Å². The third-order valence-electron chi connectivity index (χ3n) is 2.60. The smallest absolute Gasteiger partial charge is 0.251 e. The minimum Gasteiger partial charge on any atom is -0.388 e. The van der Waals surface area contributed by atoms with Crippen molar-refractivity contribution < 1.29 is 4.79 Å². The third kappa shape index (κ3) is 4.07. The van der Waals surface area contributed by atoms with Crippen LogP contribution in [0.15, 0.2) is 18.2 Å². The number of anilines is 1. The monoisotopic (exact) mass is 235 g/mol. The summed E-state index contributed by atoms with van der Waals surface area (Å²) in [5, 5.41) is 5.96. The predicted molar refractivity (Wildman–Crippen MR) is 71.6 cm³/mol. The largest absolute Gasteiger partial charge is 0.388 e. The van der Waals surface area contributed by atoms with Gasteiger partial charge in [-0.1, -0.05) is 0 Å². The molecule has 0 spiro atoms. The Morgan fingerprint density at radius 2 is 2.06 bits per heavy atom. The van der Waals surface area contributed by atoms with Crippen LogP contribution in [0.4, 0.5) is 5.69 Å². The normalized spacial score (nSPS) is 10.4. The Morgan fingerprint density at radius 1 is 1.35 bits per heavy atom. The summed E-state index contributed by atoms with van der Waals surface area (Å²) in [6.45, 7) is 3.46. The molecule has 0 fully saturated rings. The van der Waals surface area contributed by atoms with Crippen LogP contribution >= 0.6 is 0 Å². The van der Waals surface area contributed by atoms with E-state index in [1.807, 2.05) is 51.2 Å². The number of likely N-dealkylation sites (N-methyl/N-ethyl adjacent to an activating group) is 1. The fourth-order valence-electron chi connectivity index (χ4n) is 1.56. The molecule has 0 aliphatic rings. The van der Waals surface area contributed by atoms with Gasteiger partial charge >= 0.3 is 0 Å². The first-order chi connectivity index (χ1) is 8.04. The number of carbonyl (C=O) groups excluding carboxylic acids is 1. The Kier molecular flexibility index (Phi) is 4.97. The lowest BCUT2D eigenvalue weighted by Crippen LogP contribution is -2.31. The van der Waals surface area contributed by atoms with E-state index < -0.39 is 0 Å². The van der Waals surface area contributed by atoms with E-state index in [0.717, 1.165) is 23.4 Å². The van der Waals surface area contributed by atoms with Gasteiger partial charge in [-0.25, -0.2) is 0 Å². The maximum atomic E-state index is 11.9.